The third-order valence-corrected chi connectivity index (χ3v) is 2.82. The van der Waals surface area contributed by atoms with Crippen molar-refractivity contribution in [3.8, 4) is 5.75 Å². The molecule has 0 fully saturated rings. The fraction of sp³-hybridized carbons (Fsp3) is 0.417. The number of benzene rings is 1. The van der Waals surface area contributed by atoms with Crippen LogP contribution in [-0.2, 0) is 4.74 Å². The highest BCUT2D eigenvalue weighted by Gasteiger charge is 2.16. The number of phenols is 1. The van der Waals surface area contributed by atoms with Crippen LogP contribution in [0.1, 0.15) is 16.8 Å². The summed E-state index contributed by atoms with van der Waals surface area (Å²) in [6.45, 7) is 0.368. The van der Waals surface area contributed by atoms with Gasteiger partial charge in [0.2, 0.25) is 0 Å². The molecular formula is C12H15Cl2NO3. The molecule has 0 saturated carbocycles. The van der Waals surface area contributed by atoms with Gasteiger partial charge in [0.05, 0.1) is 18.2 Å². The van der Waals surface area contributed by atoms with Gasteiger partial charge in [-0.3, -0.25) is 4.79 Å². The molecule has 0 aliphatic heterocycles. The third kappa shape index (κ3) is 4.37. The van der Waals surface area contributed by atoms with Crippen LogP contribution in [-0.4, -0.2) is 36.7 Å². The van der Waals surface area contributed by atoms with E-state index >= 15 is 0 Å². The zero-order chi connectivity index (χ0) is 13.5. The molecule has 1 aromatic rings. The summed E-state index contributed by atoms with van der Waals surface area (Å²) in [6, 6.07) is 4.15. The van der Waals surface area contributed by atoms with Crippen molar-refractivity contribution < 1.29 is 14.6 Å². The molecule has 0 heterocycles. The van der Waals surface area contributed by atoms with Gasteiger partial charge < -0.3 is 15.2 Å². The number of alkyl halides is 1. The molecule has 0 aliphatic carbocycles. The molecule has 0 spiro atoms. The summed E-state index contributed by atoms with van der Waals surface area (Å²) in [4.78, 5) is 11.9. The number of aromatic hydroxyl groups is 1. The van der Waals surface area contributed by atoms with Crippen LogP contribution in [0.4, 0.5) is 0 Å². The van der Waals surface area contributed by atoms with Crippen molar-refractivity contribution in [3.63, 3.8) is 0 Å². The Morgan fingerprint density at radius 1 is 1.56 bits per heavy atom. The van der Waals surface area contributed by atoms with E-state index < -0.39 is 0 Å². The molecular weight excluding hydrogens is 277 g/mol. The van der Waals surface area contributed by atoms with E-state index in [4.69, 9.17) is 27.9 Å². The van der Waals surface area contributed by atoms with Gasteiger partial charge in [-0.25, -0.2) is 0 Å². The van der Waals surface area contributed by atoms with Crippen LogP contribution in [0.5, 0.6) is 5.75 Å². The van der Waals surface area contributed by atoms with E-state index in [0.29, 0.717) is 23.9 Å². The quantitative estimate of drug-likeness (QED) is 0.792. The largest absolute Gasteiger partial charge is 0.507 e. The Hall–Kier alpha value is -0.970. The van der Waals surface area contributed by atoms with E-state index in [2.05, 4.69) is 5.32 Å². The second kappa shape index (κ2) is 7.46. The molecule has 0 aromatic heterocycles. The molecule has 1 amide bonds. The van der Waals surface area contributed by atoms with E-state index in [1.807, 2.05) is 0 Å². The monoisotopic (exact) mass is 291 g/mol. The van der Waals surface area contributed by atoms with Gasteiger partial charge in [-0.1, -0.05) is 11.6 Å². The minimum atomic E-state index is -0.378. The van der Waals surface area contributed by atoms with Gasteiger partial charge in [0.1, 0.15) is 5.75 Å². The Morgan fingerprint density at radius 2 is 2.28 bits per heavy atom. The lowest BCUT2D eigenvalue weighted by molar-refractivity contribution is 0.0892. The molecule has 100 valence electrons. The van der Waals surface area contributed by atoms with E-state index in [9.17, 15) is 9.90 Å². The van der Waals surface area contributed by atoms with Crippen molar-refractivity contribution in [1.82, 2.24) is 5.32 Å². The predicted octanol–water partition coefficient (Wildman–Crippen LogP) is 2.42. The highest BCUT2D eigenvalue weighted by atomic mass is 35.5. The SMILES string of the molecule is COCC(CCCl)NC(=O)c1ccc(Cl)cc1O. The van der Waals surface area contributed by atoms with Gasteiger partial charge in [-0.2, -0.15) is 0 Å². The van der Waals surface area contributed by atoms with Crippen LogP contribution in [0.25, 0.3) is 0 Å². The van der Waals surface area contributed by atoms with Gasteiger partial charge in [-0.05, 0) is 24.6 Å². The van der Waals surface area contributed by atoms with Crippen molar-refractivity contribution in [2.24, 2.45) is 0 Å². The highest BCUT2D eigenvalue weighted by molar-refractivity contribution is 6.30. The summed E-state index contributed by atoms with van der Waals surface area (Å²) < 4.78 is 4.99. The molecule has 1 aromatic carbocycles. The maximum Gasteiger partial charge on any atom is 0.255 e. The van der Waals surface area contributed by atoms with E-state index in [1.54, 1.807) is 13.2 Å². The molecule has 18 heavy (non-hydrogen) atoms. The van der Waals surface area contributed by atoms with Gasteiger partial charge in [-0.15, -0.1) is 11.6 Å². The van der Waals surface area contributed by atoms with Gasteiger partial charge >= 0.3 is 0 Å². The van der Waals surface area contributed by atoms with Crippen LogP contribution in [0, 0.1) is 0 Å². The van der Waals surface area contributed by atoms with E-state index in [0.717, 1.165) is 0 Å². The molecule has 1 unspecified atom stereocenters. The third-order valence-electron chi connectivity index (χ3n) is 2.37. The Kier molecular flexibility index (Phi) is 6.25. The van der Waals surface area contributed by atoms with Crippen molar-refractivity contribution in [1.29, 1.82) is 0 Å². The number of phenolic OH excluding ortho intramolecular Hbond substituents is 1. The summed E-state index contributed by atoms with van der Waals surface area (Å²) >= 11 is 11.3. The number of hydrogen-bond acceptors (Lipinski definition) is 3. The van der Waals surface area contributed by atoms with Crippen molar-refractivity contribution in [2.45, 2.75) is 12.5 Å². The lowest BCUT2D eigenvalue weighted by atomic mass is 10.1. The maximum atomic E-state index is 11.9. The number of carbonyl (C=O) groups excluding carboxylic acids is 1. The zero-order valence-electron chi connectivity index (χ0n) is 9.95. The molecule has 1 atom stereocenters. The molecule has 0 bridgehead atoms. The van der Waals surface area contributed by atoms with Crippen LogP contribution in [0.2, 0.25) is 5.02 Å². The lowest BCUT2D eigenvalue weighted by Gasteiger charge is -2.17. The van der Waals surface area contributed by atoms with Crippen molar-refractivity contribution >= 4 is 29.1 Å². The number of rotatable bonds is 6. The van der Waals surface area contributed by atoms with E-state index in [-0.39, 0.29) is 23.3 Å². The minimum absolute atomic E-state index is 0.151. The number of nitrogens with one attached hydrogen (secondary N) is 1. The fourth-order valence-electron chi connectivity index (χ4n) is 1.49. The van der Waals surface area contributed by atoms with Crippen LogP contribution >= 0.6 is 23.2 Å². The number of amides is 1. The topological polar surface area (TPSA) is 58.6 Å². The Balaban J connectivity index is 2.73. The molecule has 4 nitrogen and oxygen atoms in total. The van der Waals surface area contributed by atoms with Gasteiger partial charge in [0.15, 0.2) is 0 Å². The summed E-state index contributed by atoms with van der Waals surface area (Å²) in [5.74, 6) is -0.112. The average molecular weight is 292 g/mol. The number of carbonyl (C=O) groups is 1. The number of halogens is 2. The molecule has 1 rings (SSSR count). The Labute approximate surface area is 116 Å². The Morgan fingerprint density at radius 3 is 2.83 bits per heavy atom. The summed E-state index contributed by atoms with van der Waals surface area (Å²) in [5.41, 5.74) is 0.176. The van der Waals surface area contributed by atoms with Crippen LogP contribution in [0.15, 0.2) is 18.2 Å². The molecule has 2 N–H and O–H groups in total. The summed E-state index contributed by atoms with van der Waals surface area (Å²) in [6.07, 6.45) is 0.593. The minimum Gasteiger partial charge on any atom is -0.507 e. The lowest BCUT2D eigenvalue weighted by Crippen LogP contribution is -2.38. The number of hydrogen-bond donors (Lipinski definition) is 2. The van der Waals surface area contributed by atoms with Crippen molar-refractivity contribution in [3.05, 3.63) is 28.8 Å². The van der Waals surface area contributed by atoms with Gasteiger partial charge in [0.25, 0.3) is 5.91 Å². The first-order valence-electron chi connectivity index (χ1n) is 5.42. The molecule has 0 radical (unpaired) electrons. The fourth-order valence-corrected chi connectivity index (χ4v) is 1.92. The smallest absolute Gasteiger partial charge is 0.255 e. The predicted molar refractivity (Wildman–Crippen MR) is 71.6 cm³/mol. The maximum absolute atomic E-state index is 11.9. The van der Waals surface area contributed by atoms with Gasteiger partial charge in [0, 0.05) is 18.0 Å². The van der Waals surface area contributed by atoms with Crippen molar-refractivity contribution in [2.75, 3.05) is 19.6 Å². The number of methoxy groups -OCH3 is 1. The summed E-state index contributed by atoms with van der Waals surface area (Å²) in [7, 11) is 1.55. The second-order valence-corrected chi connectivity index (χ2v) is 4.58. The standard InChI is InChI=1S/C12H15Cl2NO3/c1-18-7-9(4-5-13)15-12(17)10-3-2-8(14)6-11(10)16/h2-3,6,9,16H,4-5,7H2,1H3,(H,15,17). The normalized spacial score (nSPS) is 12.2. The van der Waals surface area contributed by atoms with Crippen LogP contribution in [0.3, 0.4) is 0 Å². The zero-order valence-corrected chi connectivity index (χ0v) is 11.5. The average Bonchev–Trinajstić information content (AvgIpc) is 2.29. The molecule has 6 heteroatoms. The molecule has 0 saturated heterocycles. The number of ether oxygens (including phenoxy) is 1. The Bertz CT molecular complexity index is 406. The van der Waals surface area contributed by atoms with Crippen LogP contribution < -0.4 is 5.32 Å². The first-order chi connectivity index (χ1) is 8.58. The summed E-state index contributed by atoms with van der Waals surface area (Å²) in [5, 5.41) is 12.7. The second-order valence-electron chi connectivity index (χ2n) is 3.76. The van der Waals surface area contributed by atoms with E-state index in [1.165, 1.54) is 12.1 Å². The first kappa shape index (κ1) is 15.1. The molecule has 0 aliphatic rings. The first-order valence-corrected chi connectivity index (χ1v) is 6.34. The highest BCUT2D eigenvalue weighted by Crippen LogP contribution is 2.21.